The Balaban J connectivity index is 0.944. The number of aromatic nitrogens is 9. The quantitative estimate of drug-likeness (QED) is 0.0648. The molecule has 0 fully saturated rings. The minimum absolute atomic E-state index is 0.103. The van der Waals surface area contributed by atoms with E-state index in [0.717, 1.165) is 66.8 Å². The van der Waals surface area contributed by atoms with Gasteiger partial charge >= 0.3 is 0 Å². The first-order valence-electron chi connectivity index (χ1n) is 35.6. The fraction of sp³-hybridized carbons (Fsp3) is 0.0632. The van der Waals surface area contributed by atoms with Gasteiger partial charge < -0.3 is 28.5 Å². The van der Waals surface area contributed by atoms with Crippen LogP contribution in [0.15, 0.2) is 432 Å². The Morgan fingerprint density at radius 2 is 0.311 bits per heavy atom. The summed E-state index contributed by atoms with van der Waals surface area (Å²) in [5, 5.41) is 30.4. The summed E-state index contributed by atoms with van der Waals surface area (Å²) in [5.41, 5.74) is 3.68. The third kappa shape index (κ3) is 10.7. The van der Waals surface area contributed by atoms with Gasteiger partial charge in [0, 0.05) is 24.8 Å². The predicted molar refractivity (Wildman–Crippen MR) is 416 cm³/mol. The first kappa shape index (κ1) is 65.8. The number of pyridine rings is 1. The van der Waals surface area contributed by atoms with Crippen LogP contribution in [-0.2, 0) is 33.4 Å². The van der Waals surface area contributed by atoms with Crippen LogP contribution in [0.2, 0.25) is 0 Å². The normalized spacial score (nSPS) is 12.2. The topological polar surface area (TPSA) is 125 Å². The molecule has 12 aromatic carbocycles. The highest BCUT2D eigenvalue weighted by Gasteiger charge is 2.50. The summed E-state index contributed by atoms with van der Waals surface area (Å²) in [6, 6.07) is 130. The lowest BCUT2D eigenvalue weighted by atomic mass is 9.76. The standard InChI is InChI=1S/C95H73N9O2/c105-94(86-64-101(68-96-86)90(72-38-13-1-14-39-72,73-40-15-2-16-41-73)74-42-17-3-18-43-74,87-65-102(69-97-87)91(75-44-19-4-20-45-75,76-46-21-5-22-47-76)77-48-23-6-24-49-77)84-62-37-63-85(100-84)95(106,88-66-103(70-98-88)92(78-50-25-7-26-51-78,79-52-27-8-28-53-79)80-54-29-9-30-55-80)89-67-104(71-99-89)93(81-56-31-10-32-57-81,82-58-33-11-34-59-82)83-60-35-12-36-61-83/h1-71,105-106H. The Morgan fingerprint density at radius 3 is 0.453 bits per heavy atom. The van der Waals surface area contributed by atoms with Gasteiger partial charge in [-0.15, -0.1) is 0 Å². The molecule has 0 aliphatic carbocycles. The third-order valence-corrected chi connectivity index (χ3v) is 21.2. The van der Waals surface area contributed by atoms with Crippen LogP contribution in [-0.4, -0.2) is 53.4 Å². The highest BCUT2D eigenvalue weighted by atomic mass is 16.3. The van der Waals surface area contributed by atoms with Gasteiger partial charge in [0.25, 0.3) is 0 Å². The van der Waals surface area contributed by atoms with Crippen LogP contribution in [0.5, 0.6) is 0 Å². The zero-order valence-electron chi connectivity index (χ0n) is 57.9. The number of hydrogen-bond donors (Lipinski definition) is 2. The van der Waals surface area contributed by atoms with E-state index in [4.69, 9.17) is 24.9 Å². The molecule has 17 aromatic rings. The van der Waals surface area contributed by atoms with Crippen LogP contribution >= 0.6 is 0 Å². The van der Waals surface area contributed by atoms with Crippen LogP contribution < -0.4 is 0 Å². The van der Waals surface area contributed by atoms with E-state index >= 15 is 10.2 Å². The molecule has 0 bridgehead atoms. The van der Waals surface area contributed by atoms with E-state index < -0.39 is 33.4 Å². The van der Waals surface area contributed by atoms with E-state index in [2.05, 4.69) is 164 Å². The average Bonchev–Trinajstić information content (AvgIpc) is 1.36. The Hall–Kier alpha value is -13.5. The Labute approximate surface area is 616 Å². The SMILES string of the molecule is OC(c1cn(C(c2ccccc2)(c2ccccc2)c2ccccc2)cn1)(c1cn(C(c2ccccc2)(c2ccccc2)c2ccccc2)cn1)c1cccc(C(O)(c2cn(C(c3ccccc3)(c3ccccc3)c3ccccc3)cn2)c2cn(C(c3ccccc3)(c3ccccc3)c3ccccc3)cn2)n1. The molecule has 510 valence electrons. The lowest BCUT2D eigenvalue weighted by Crippen LogP contribution is -2.38. The van der Waals surface area contributed by atoms with Crippen molar-refractivity contribution in [2.75, 3.05) is 0 Å². The van der Waals surface area contributed by atoms with Crippen molar-refractivity contribution in [1.82, 2.24) is 43.2 Å². The zero-order chi connectivity index (χ0) is 71.4. The van der Waals surface area contributed by atoms with Crippen molar-refractivity contribution in [2.24, 2.45) is 0 Å². The van der Waals surface area contributed by atoms with Gasteiger partial charge in [-0.25, -0.2) is 24.9 Å². The number of rotatable bonds is 22. The van der Waals surface area contributed by atoms with Crippen LogP contribution in [0.25, 0.3) is 0 Å². The molecule has 5 heterocycles. The fourth-order valence-corrected chi connectivity index (χ4v) is 16.3. The van der Waals surface area contributed by atoms with E-state index in [0.29, 0.717) is 0 Å². The number of benzene rings is 12. The van der Waals surface area contributed by atoms with Crippen LogP contribution in [0, 0.1) is 0 Å². The van der Waals surface area contributed by atoms with Crippen molar-refractivity contribution in [1.29, 1.82) is 0 Å². The molecular formula is C95H73N9O2. The number of nitrogens with zero attached hydrogens (tertiary/aromatic N) is 9. The summed E-state index contributed by atoms with van der Waals surface area (Å²) >= 11 is 0. The molecule has 5 aromatic heterocycles. The molecule has 0 aliphatic heterocycles. The smallest absolute Gasteiger partial charge is 0.194 e. The number of hydrogen-bond acceptors (Lipinski definition) is 7. The molecule has 11 nitrogen and oxygen atoms in total. The van der Waals surface area contributed by atoms with Crippen LogP contribution in [0.1, 0.15) is 101 Å². The van der Waals surface area contributed by atoms with E-state index in [1.165, 1.54) is 0 Å². The van der Waals surface area contributed by atoms with Crippen molar-refractivity contribution in [3.05, 3.63) is 533 Å². The molecule has 0 unspecified atom stereocenters. The number of aliphatic hydroxyl groups is 2. The predicted octanol–water partition coefficient (Wildman–Crippen LogP) is 17.8. The van der Waals surface area contributed by atoms with E-state index in [1.54, 1.807) is 37.4 Å². The summed E-state index contributed by atoms with van der Waals surface area (Å²) in [5.74, 6) is 0. The second kappa shape index (κ2) is 27.7. The summed E-state index contributed by atoms with van der Waals surface area (Å²) in [6.07, 6.45) is 14.9. The van der Waals surface area contributed by atoms with Gasteiger partial charge in [-0.05, 0) is 78.9 Å². The van der Waals surface area contributed by atoms with Crippen molar-refractivity contribution >= 4 is 0 Å². The second-order valence-corrected chi connectivity index (χ2v) is 26.7. The molecule has 0 radical (unpaired) electrons. The van der Waals surface area contributed by atoms with Gasteiger partial charge in [0.15, 0.2) is 11.2 Å². The lowest BCUT2D eigenvalue weighted by molar-refractivity contribution is 0.0999. The van der Waals surface area contributed by atoms with Crippen molar-refractivity contribution in [3.8, 4) is 0 Å². The Kier molecular flexibility index (Phi) is 17.2. The van der Waals surface area contributed by atoms with E-state index in [1.807, 2.05) is 249 Å². The summed E-state index contributed by atoms with van der Waals surface area (Å²) in [4.78, 5) is 27.3. The minimum Gasteiger partial charge on any atom is -0.372 e. The average molecular weight is 1370 g/mol. The third-order valence-electron chi connectivity index (χ3n) is 21.2. The van der Waals surface area contributed by atoms with Gasteiger partial charge in [0.1, 0.15) is 44.9 Å². The van der Waals surface area contributed by atoms with Crippen molar-refractivity contribution in [3.63, 3.8) is 0 Å². The molecule has 0 spiro atoms. The molecule has 0 saturated carbocycles. The van der Waals surface area contributed by atoms with E-state index in [-0.39, 0.29) is 34.2 Å². The molecule has 0 atom stereocenters. The van der Waals surface area contributed by atoms with Gasteiger partial charge in [-0.3, -0.25) is 0 Å². The maximum atomic E-state index is 15.2. The van der Waals surface area contributed by atoms with Crippen LogP contribution in [0.4, 0.5) is 0 Å². The van der Waals surface area contributed by atoms with Gasteiger partial charge in [0.05, 0.1) is 36.7 Å². The van der Waals surface area contributed by atoms with Crippen LogP contribution in [0.3, 0.4) is 0 Å². The van der Waals surface area contributed by atoms with Gasteiger partial charge in [-0.1, -0.05) is 370 Å². The lowest BCUT2D eigenvalue weighted by Gasteiger charge is -2.38. The van der Waals surface area contributed by atoms with E-state index in [9.17, 15) is 0 Å². The fourth-order valence-electron chi connectivity index (χ4n) is 16.3. The molecule has 11 heteroatoms. The first-order valence-corrected chi connectivity index (χ1v) is 35.6. The molecule has 106 heavy (non-hydrogen) atoms. The van der Waals surface area contributed by atoms with Gasteiger partial charge in [-0.2, -0.15) is 0 Å². The maximum absolute atomic E-state index is 15.2. The molecule has 0 saturated heterocycles. The minimum atomic E-state index is -2.32. The van der Waals surface area contributed by atoms with Crippen molar-refractivity contribution in [2.45, 2.75) is 33.4 Å². The Morgan fingerprint density at radius 1 is 0.170 bits per heavy atom. The number of imidazole rings is 4. The molecule has 0 aliphatic rings. The second-order valence-electron chi connectivity index (χ2n) is 26.7. The first-order chi connectivity index (χ1) is 52.3. The zero-order valence-corrected chi connectivity index (χ0v) is 57.9. The highest BCUT2D eigenvalue weighted by Crippen LogP contribution is 2.49. The molecular weight excluding hydrogens is 1300 g/mol. The summed E-state index contributed by atoms with van der Waals surface area (Å²) in [7, 11) is 0. The summed E-state index contributed by atoms with van der Waals surface area (Å²) in [6.45, 7) is 0. The monoisotopic (exact) mass is 1370 g/mol. The largest absolute Gasteiger partial charge is 0.372 e. The molecule has 0 amide bonds. The maximum Gasteiger partial charge on any atom is 0.194 e. The molecule has 17 rings (SSSR count). The Bertz CT molecular complexity index is 4660. The van der Waals surface area contributed by atoms with Gasteiger partial charge in [0.2, 0.25) is 0 Å². The van der Waals surface area contributed by atoms with Crippen molar-refractivity contribution < 1.29 is 10.2 Å². The highest BCUT2D eigenvalue weighted by molar-refractivity contribution is 5.58. The summed E-state index contributed by atoms with van der Waals surface area (Å²) < 4.78 is 8.34. The molecule has 2 N–H and O–H groups in total.